The lowest BCUT2D eigenvalue weighted by Crippen LogP contribution is -2.36. The normalized spacial score (nSPS) is 23.1. The van der Waals surface area contributed by atoms with E-state index in [-0.39, 0.29) is 5.41 Å². The van der Waals surface area contributed by atoms with Crippen LogP contribution in [0.15, 0.2) is 12.1 Å². The highest BCUT2D eigenvalue weighted by Gasteiger charge is 2.40. The zero-order valence-electron chi connectivity index (χ0n) is 10.7. The summed E-state index contributed by atoms with van der Waals surface area (Å²) in [5, 5.41) is 0. The van der Waals surface area contributed by atoms with Crippen LogP contribution in [0.25, 0.3) is 0 Å². The Bertz CT molecular complexity index is 404. The van der Waals surface area contributed by atoms with E-state index in [0.717, 1.165) is 0 Å². The Morgan fingerprint density at radius 2 is 1.67 bits per heavy atom. The summed E-state index contributed by atoms with van der Waals surface area (Å²) >= 11 is 0. The third-order valence-corrected chi connectivity index (χ3v) is 4.31. The van der Waals surface area contributed by atoms with Gasteiger partial charge in [0.25, 0.3) is 0 Å². The van der Waals surface area contributed by atoms with Crippen molar-refractivity contribution in [2.24, 2.45) is 0 Å². The van der Waals surface area contributed by atoms with E-state index in [0.29, 0.717) is 6.04 Å². The van der Waals surface area contributed by atoms with Crippen LogP contribution in [0.5, 0.6) is 0 Å². The molecule has 0 aliphatic carbocycles. The largest absolute Gasteiger partial charge is 0.371 e. The first-order valence-corrected chi connectivity index (χ1v) is 5.70. The number of anilines is 1. The van der Waals surface area contributed by atoms with Crippen molar-refractivity contribution in [3.8, 4) is 0 Å². The van der Waals surface area contributed by atoms with Crippen LogP contribution < -0.4 is 4.90 Å². The zero-order valence-corrected chi connectivity index (χ0v) is 10.7. The number of aryl methyl sites for hydroxylation is 2. The molecule has 0 amide bonds. The number of nitrogens with zero attached hydrogens (tertiary/aromatic N) is 1. The molecule has 0 fully saturated rings. The summed E-state index contributed by atoms with van der Waals surface area (Å²) in [7, 11) is 2.20. The van der Waals surface area contributed by atoms with Gasteiger partial charge in [-0.15, -0.1) is 0 Å². The van der Waals surface area contributed by atoms with Crippen molar-refractivity contribution in [1.82, 2.24) is 0 Å². The molecular formula is C14H21N. The summed E-state index contributed by atoms with van der Waals surface area (Å²) in [6.07, 6.45) is 0. The van der Waals surface area contributed by atoms with E-state index in [1.165, 1.54) is 22.4 Å². The molecule has 15 heavy (non-hydrogen) atoms. The number of fused-ring (bicyclic) bond motifs is 1. The van der Waals surface area contributed by atoms with Crippen molar-refractivity contribution in [2.75, 3.05) is 11.9 Å². The fourth-order valence-corrected chi connectivity index (χ4v) is 2.53. The lowest BCUT2D eigenvalue weighted by atomic mass is 9.80. The van der Waals surface area contributed by atoms with Crippen LogP contribution in [0.4, 0.5) is 5.69 Å². The molecule has 1 atom stereocenters. The van der Waals surface area contributed by atoms with Crippen molar-refractivity contribution in [2.45, 2.75) is 46.1 Å². The van der Waals surface area contributed by atoms with Gasteiger partial charge in [0, 0.05) is 24.2 Å². The first-order chi connectivity index (χ1) is 6.85. The second kappa shape index (κ2) is 3.01. The molecule has 1 aliphatic heterocycles. The second-order valence-corrected chi connectivity index (χ2v) is 5.46. The van der Waals surface area contributed by atoms with E-state index < -0.39 is 0 Å². The predicted octanol–water partition coefficient (Wildman–Crippen LogP) is 3.42. The molecule has 1 aromatic carbocycles. The SMILES string of the molecule is Cc1cc2c(cc1C)C(C)(C)C(C)N2C. The molecule has 1 aliphatic rings. The minimum Gasteiger partial charge on any atom is -0.371 e. The van der Waals surface area contributed by atoms with Crippen LogP contribution in [0, 0.1) is 13.8 Å². The van der Waals surface area contributed by atoms with Gasteiger partial charge in [-0.3, -0.25) is 0 Å². The highest BCUT2D eigenvalue weighted by molar-refractivity contribution is 5.65. The summed E-state index contributed by atoms with van der Waals surface area (Å²) < 4.78 is 0. The van der Waals surface area contributed by atoms with Crippen molar-refractivity contribution in [3.63, 3.8) is 0 Å². The molecule has 1 aromatic rings. The second-order valence-electron chi connectivity index (χ2n) is 5.46. The average Bonchev–Trinajstić information content (AvgIpc) is 2.32. The molecule has 0 N–H and O–H groups in total. The van der Waals surface area contributed by atoms with Gasteiger partial charge in [0.15, 0.2) is 0 Å². The quantitative estimate of drug-likeness (QED) is 0.624. The van der Waals surface area contributed by atoms with Gasteiger partial charge >= 0.3 is 0 Å². The Morgan fingerprint density at radius 3 is 2.27 bits per heavy atom. The minimum atomic E-state index is 0.266. The van der Waals surface area contributed by atoms with Crippen LogP contribution >= 0.6 is 0 Å². The van der Waals surface area contributed by atoms with Gasteiger partial charge in [-0.25, -0.2) is 0 Å². The van der Waals surface area contributed by atoms with E-state index in [1.807, 2.05) is 0 Å². The topological polar surface area (TPSA) is 3.24 Å². The Balaban J connectivity index is 2.67. The van der Waals surface area contributed by atoms with Gasteiger partial charge in [-0.05, 0) is 43.5 Å². The van der Waals surface area contributed by atoms with Crippen LogP contribution in [0.3, 0.4) is 0 Å². The van der Waals surface area contributed by atoms with Crippen molar-refractivity contribution < 1.29 is 0 Å². The first kappa shape index (κ1) is 10.5. The highest BCUT2D eigenvalue weighted by atomic mass is 15.2. The average molecular weight is 203 g/mol. The van der Waals surface area contributed by atoms with Crippen LogP contribution in [-0.4, -0.2) is 13.1 Å². The van der Waals surface area contributed by atoms with Crippen molar-refractivity contribution >= 4 is 5.69 Å². The summed E-state index contributed by atoms with van der Waals surface area (Å²) in [6.45, 7) is 11.4. The minimum absolute atomic E-state index is 0.266. The molecule has 0 bridgehead atoms. The number of benzene rings is 1. The van der Waals surface area contributed by atoms with E-state index in [1.54, 1.807) is 0 Å². The lowest BCUT2D eigenvalue weighted by molar-refractivity contribution is 0.454. The summed E-state index contributed by atoms with van der Waals surface area (Å²) in [5.74, 6) is 0. The molecule has 1 heteroatoms. The highest BCUT2D eigenvalue weighted by Crippen LogP contribution is 2.45. The molecule has 1 heterocycles. The van der Waals surface area contributed by atoms with Gasteiger partial charge in [-0.1, -0.05) is 19.9 Å². The molecule has 0 saturated carbocycles. The van der Waals surface area contributed by atoms with E-state index in [9.17, 15) is 0 Å². The Labute approximate surface area is 93.1 Å². The fraction of sp³-hybridized carbons (Fsp3) is 0.571. The molecule has 1 nitrogen and oxygen atoms in total. The van der Waals surface area contributed by atoms with Gasteiger partial charge in [-0.2, -0.15) is 0 Å². The third kappa shape index (κ3) is 1.29. The maximum Gasteiger partial charge on any atom is 0.0408 e. The molecule has 1 unspecified atom stereocenters. The fourth-order valence-electron chi connectivity index (χ4n) is 2.53. The Kier molecular flexibility index (Phi) is 2.11. The van der Waals surface area contributed by atoms with Gasteiger partial charge in [0.05, 0.1) is 0 Å². The maximum absolute atomic E-state index is 2.40. The van der Waals surface area contributed by atoms with Crippen molar-refractivity contribution in [3.05, 3.63) is 28.8 Å². The Hall–Kier alpha value is -0.980. The van der Waals surface area contributed by atoms with Crippen LogP contribution in [0.1, 0.15) is 37.5 Å². The van der Waals surface area contributed by atoms with Crippen LogP contribution in [0.2, 0.25) is 0 Å². The molecule has 0 spiro atoms. The van der Waals surface area contributed by atoms with Gasteiger partial charge in [0.1, 0.15) is 0 Å². The number of likely N-dealkylation sites (N-methyl/N-ethyl adjacent to an activating group) is 1. The Morgan fingerprint density at radius 1 is 1.13 bits per heavy atom. The lowest BCUT2D eigenvalue weighted by Gasteiger charge is -2.28. The van der Waals surface area contributed by atoms with E-state index in [4.69, 9.17) is 0 Å². The van der Waals surface area contributed by atoms with E-state index in [2.05, 4.69) is 58.7 Å². The molecule has 0 aromatic heterocycles. The standard InChI is InChI=1S/C14H21N/c1-9-7-12-13(8-10(9)2)15(6)11(3)14(12,4)5/h7-8,11H,1-6H3. The molecule has 82 valence electrons. The van der Waals surface area contributed by atoms with Gasteiger partial charge in [0.2, 0.25) is 0 Å². The number of hydrogen-bond donors (Lipinski definition) is 0. The molecule has 0 saturated heterocycles. The summed E-state index contributed by atoms with van der Waals surface area (Å²) in [5.41, 5.74) is 5.98. The zero-order chi connectivity index (χ0) is 11.4. The molecule has 0 radical (unpaired) electrons. The number of rotatable bonds is 0. The van der Waals surface area contributed by atoms with Crippen molar-refractivity contribution in [1.29, 1.82) is 0 Å². The number of hydrogen-bond acceptors (Lipinski definition) is 1. The summed E-state index contributed by atoms with van der Waals surface area (Å²) in [4.78, 5) is 2.40. The maximum atomic E-state index is 2.40. The monoisotopic (exact) mass is 203 g/mol. The summed E-state index contributed by atoms with van der Waals surface area (Å²) in [6, 6.07) is 5.27. The molecular weight excluding hydrogens is 182 g/mol. The van der Waals surface area contributed by atoms with E-state index >= 15 is 0 Å². The van der Waals surface area contributed by atoms with Crippen LogP contribution in [-0.2, 0) is 5.41 Å². The van der Waals surface area contributed by atoms with Gasteiger partial charge < -0.3 is 4.90 Å². The molecule has 2 rings (SSSR count). The third-order valence-electron chi connectivity index (χ3n) is 4.31. The smallest absolute Gasteiger partial charge is 0.0408 e. The predicted molar refractivity (Wildman–Crippen MR) is 66.8 cm³/mol. The first-order valence-electron chi connectivity index (χ1n) is 5.70.